The maximum absolute atomic E-state index is 13.9. The summed E-state index contributed by atoms with van der Waals surface area (Å²) in [5.74, 6) is -0.981. The number of nitrogens with one attached hydrogen (secondary N) is 1. The molecular weight excluding hydrogens is 619 g/mol. The van der Waals surface area contributed by atoms with E-state index >= 15 is 0 Å². The fourth-order valence-corrected chi connectivity index (χ4v) is 4.76. The van der Waals surface area contributed by atoms with Gasteiger partial charge in [-0.05, 0) is 55.8 Å². The van der Waals surface area contributed by atoms with Crippen LogP contribution < -0.4 is 15.1 Å². The van der Waals surface area contributed by atoms with Crippen molar-refractivity contribution in [2.75, 3.05) is 22.9 Å². The van der Waals surface area contributed by atoms with Crippen molar-refractivity contribution in [2.45, 2.75) is 50.5 Å². The summed E-state index contributed by atoms with van der Waals surface area (Å²) in [5.41, 5.74) is -1.83. The van der Waals surface area contributed by atoms with Gasteiger partial charge in [0.2, 0.25) is 18.2 Å². The number of benzene rings is 2. The Labute approximate surface area is 262 Å². The Bertz CT molecular complexity index is 1470. The quantitative estimate of drug-likeness (QED) is 0.171. The maximum atomic E-state index is 13.9. The number of carbonyl (C=O) groups excluding carboxylic acids is 3. The summed E-state index contributed by atoms with van der Waals surface area (Å²) in [4.78, 5) is 40.5. The highest BCUT2D eigenvalue weighted by atomic mass is 35.5. The number of alkyl halides is 4. The first-order valence-corrected chi connectivity index (χ1v) is 14.3. The molecule has 3 amide bonds. The molecule has 0 radical (unpaired) electrons. The zero-order valence-electron chi connectivity index (χ0n) is 24.3. The number of anilines is 2. The first-order chi connectivity index (χ1) is 21.3. The lowest BCUT2D eigenvalue weighted by Gasteiger charge is -2.39. The zero-order valence-corrected chi connectivity index (χ0v) is 25.1. The largest absolute Gasteiger partial charge is 0.416 e. The van der Waals surface area contributed by atoms with Gasteiger partial charge in [0.25, 0.3) is 0 Å². The molecule has 1 saturated heterocycles. The van der Waals surface area contributed by atoms with Crippen LogP contribution in [-0.4, -0.2) is 48.0 Å². The first kappa shape index (κ1) is 35.2. The van der Waals surface area contributed by atoms with Crippen LogP contribution in [0.2, 0.25) is 5.02 Å². The van der Waals surface area contributed by atoms with E-state index in [9.17, 15) is 36.3 Å². The average molecular weight is 651 g/mol. The number of nitrogens with zero attached hydrogens (tertiary/aromatic N) is 3. The van der Waals surface area contributed by atoms with Gasteiger partial charge in [-0.2, -0.15) is 13.2 Å². The van der Waals surface area contributed by atoms with Gasteiger partial charge < -0.3 is 10.2 Å². The molecule has 0 bridgehead atoms. The van der Waals surface area contributed by atoms with E-state index in [1.54, 1.807) is 13.0 Å². The molecule has 0 atom stereocenters. The van der Waals surface area contributed by atoms with Crippen molar-refractivity contribution in [2.24, 2.45) is 0 Å². The molecule has 5 rings (SSSR count). The third-order valence-corrected chi connectivity index (χ3v) is 6.99. The Kier molecular flexibility index (Phi) is 12.6. The van der Waals surface area contributed by atoms with Gasteiger partial charge in [-0.15, -0.1) is 0 Å². The average Bonchev–Trinajstić information content (AvgIpc) is 3.42. The summed E-state index contributed by atoms with van der Waals surface area (Å²) >= 11 is 5.54. The number of halogens is 6. The fourth-order valence-electron chi connectivity index (χ4n) is 4.62. The van der Waals surface area contributed by atoms with E-state index < -0.39 is 29.1 Å². The summed E-state index contributed by atoms with van der Waals surface area (Å²) in [5, 5.41) is 3.47. The summed E-state index contributed by atoms with van der Waals surface area (Å²) in [6, 6.07) is 16.4. The molecule has 1 aliphatic heterocycles. The van der Waals surface area contributed by atoms with Crippen LogP contribution >= 0.6 is 11.6 Å². The molecule has 13 heteroatoms. The van der Waals surface area contributed by atoms with E-state index in [1.165, 1.54) is 35.2 Å². The number of hydrogen-bond acceptors (Lipinski definition) is 4. The molecule has 2 aliphatic rings. The second-order valence-corrected chi connectivity index (χ2v) is 10.7. The van der Waals surface area contributed by atoms with Crippen molar-refractivity contribution in [3.8, 4) is 0 Å². The van der Waals surface area contributed by atoms with Crippen molar-refractivity contribution in [1.29, 1.82) is 0 Å². The zero-order chi connectivity index (χ0) is 33.0. The number of aromatic nitrogens is 1. The van der Waals surface area contributed by atoms with Crippen LogP contribution in [0.15, 0.2) is 85.1 Å². The Balaban J connectivity index is 0.000000208. The fraction of sp³-hybridized carbons (Fsp3) is 0.312. The van der Waals surface area contributed by atoms with Crippen LogP contribution in [0, 0.1) is 5.82 Å². The van der Waals surface area contributed by atoms with Crippen molar-refractivity contribution in [1.82, 2.24) is 10.3 Å². The molecule has 1 saturated carbocycles. The van der Waals surface area contributed by atoms with Gasteiger partial charge in [-0.3, -0.25) is 19.3 Å². The van der Waals surface area contributed by atoms with Crippen molar-refractivity contribution >= 4 is 41.3 Å². The minimum Gasteiger partial charge on any atom is -0.352 e. The lowest BCUT2D eigenvalue weighted by Crippen LogP contribution is -2.53. The summed E-state index contributed by atoms with van der Waals surface area (Å²) in [6.45, 7) is 1.95. The number of carbonyl (C=O) groups is 3. The smallest absolute Gasteiger partial charge is 0.352 e. The van der Waals surface area contributed by atoms with Crippen LogP contribution in [-0.2, 0) is 20.6 Å². The summed E-state index contributed by atoms with van der Waals surface area (Å²) in [6.07, 6.45) is 1.76. The van der Waals surface area contributed by atoms with Crippen molar-refractivity contribution in [3.05, 3.63) is 101 Å². The predicted molar refractivity (Wildman–Crippen MR) is 162 cm³/mol. The molecule has 2 heterocycles. The molecule has 1 aliphatic carbocycles. The normalized spacial score (nSPS) is 19.0. The summed E-state index contributed by atoms with van der Waals surface area (Å²) < 4.78 is 64.3. The van der Waals surface area contributed by atoms with Gasteiger partial charge >= 0.3 is 6.18 Å². The molecule has 0 unspecified atom stereocenters. The van der Waals surface area contributed by atoms with E-state index in [-0.39, 0.29) is 37.2 Å². The predicted octanol–water partition coefficient (Wildman–Crippen LogP) is 6.92. The SMILES string of the molecule is CC=CC1(F)CC(NC(=O)CN(C=O)c2cccc(F)c2)C1.Clc1ccccc1.O=C1CCCN1c1cc(C(F)(F)F)ccn1. The van der Waals surface area contributed by atoms with Crippen LogP contribution in [0.25, 0.3) is 0 Å². The molecule has 2 aromatic carbocycles. The number of hydrogen-bond donors (Lipinski definition) is 1. The van der Waals surface area contributed by atoms with Crippen LogP contribution in [0.4, 0.5) is 33.5 Å². The van der Waals surface area contributed by atoms with E-state index in [4.69, 9.17) is 11.6 Å². The third-order valence-electron chi connectivity index (χ3n) is 6.74. The third kappa shape index (κ3) is 11.0. The number of pyridine rings is 1. The second kappa shape index (κ2) is 16.1. The summed E-state index contributed by atoms with van der Waals surface area (Å²) in [7, 11) is 0. The first-order valence-electron chi connectivity index (χ1n) is 14.0. The molecule has 45 heavy (non-hydrogen) atoms. The topological polar surface area (TPSA) is 82.6 Å². The van der Waals surface area contributed by atoms with E-state index in [2.05, 4.69) is 10.3 Å². The Morgan fingerprint density at radius 3 is 2.38 bits per heavy atom. The molecule has 2 fully saturated rings. The van der Waals surface area contributed by atoms with Gasteiger partial charge in [-0.1, -0.05) is 48.0 Å². The van der Waals surface area contributed by atoms with Crippen molar-refractivity contribution < 1.29 is 36.3 Å². The highest BCUT2D eigenvalue weighted by molar-refractivity contribution is 6.30. The van der Waals surface area contributed by atoms with Gasteiger partial charge in [-0.25, -0.2) is 13.8 Å². The van der Waals surface area contributed by atoms with Crippen LogP contribution in [0.1, 0.15) is 38.2 Å². The Morgan fingerprint density at radius 2 is 1.84 bits per heavy atom. The minimum atomic E-state index is -4.40. The lowest BCUT2D eigenvalue weighted by atomic mass is 9.77. The van der Waals surface area contributed by atoms with Gasteiger partial charge in [0.05, 0.1) is 5.56 Å². The number of allylic oxidation sites excluding steroid dienone is 2. The molecule has 1 N–H and O–H groups in total. The lowest BCUT2D eigenvalue weighted by molar-refractivity contribution is -0.137. The molecular formula is C32H32ClF5N4O3. The highest BCUT2D eigenvalue weighted by Gasteiger charge is 2.43. The molecule has 3 aromatic rings. The standard InChI is InChI=1S/C16H18F2N2O2.C10H9F3N2O.C6H5Cl/c1-2-6-16(18)8-13(9-16)19-15(22)10-20(11-21)14-5-3-4-12(17)7-14;11-10(12,13)7-3-4-14-8(6-7)15-5-1-2-9(15)16;7-6-4-2-1-3-5-6/h2-7,11,13H,8-10H2,1H3,(H,19,22);3-4,6H,1-2,5H2;1-5H. The Morgan fingerprint density at radius 1 is 1.13 bits per heavy atom. The number of amides is 3. The molecule has 240 valence electrons. The number of rotatable bonds is 7. The van der Waals surface area contributed by atoms with Crippen molar-refractivity contribution in [3.63, 3.8) is 0 Å². The van der Waals surface area contributed by atoms with Crippen LogP contribution in [0.3, 0.4) is 0 Å². The van der Waals surface area contributed by atoms with Gasteiger partial charge in [0.15, 0.2) is 0 Å². The molecule has 1 aromatic heterocycles. The maximum Gasteiger partial charge on any atom is 0.416 e. The van der Waals surface area contributed by atoms with Gasteiger partial charge in [0.1, 0.15) is 23.8 Å². The Hall–Kier alpha value is -4.32. The molecule has 7 nitrogen and oxygen atoms in total. The van der Waals surface area contributed by atoms with Gasteiger partial charge in [0, 0.05) is 48.8 Å². The second-order valence-electron chi connectivity index (χ2n) is 10.3. The highest BCUT2D eigenvalue weighted by Crippen LogP contribution is 2.37. The monoisotopic (exact) mass is 650 g/mol. The van der Waals surface area contributed by atoms with Crippen LogP contribution in [0.5, 0.6) is 0 Å². The van der Waals surface area contributed by atoms with E-state index in [0.29, 0.717) is 31.5 Å². The van der Waals surface area contributed by atoms with E-state index in [0.717, 1.165) is 28.3 Å². The minimum absolute atomic E-state index is 0.0809. The molecule has 0 spiro atoms. The van der Waals surface area contributed by atoms with E-state index in [1.807, 2.05) is 30.3 Å².